The smallest absolute Gasteiger partial charge is 0.254 e. The van der Waals surface area contributed by atoms with Crippen LogP contribution in [0.4, 0.5) is 14.5 Å². The van der Waals surface area contributed by atoms with Gasteiger partial charge in [0.15, 0.2) is 0 Å². The van der Waals surface area contributed by atoms with E-state index in [2.05, 4.69) is 36.7 Å². The van der Waals surface area contributed by atoms with E-state index in [-0.39, 0.29) is 0 Å². The molecule has 1 heterocycles. The van der Waals surface area contributed by atoms with Crippen molar-refractivity contribution in [2.75, 3.05) is 11.4 Å². The minimum absolute atomic E-state index is 0.447. The Kier molecular flexibility index (Phi) is 3.65. The van der Waals surface area contributed by atoms with Crippen molar-refractivity contribution in [3.8, 4) is 11.8 Å². The highest BCUT2D eigenvalue weighted by Crippen LogP contribution is 2.50. The Morgan fingerprint density at radius 1 is 1.24 bits per heavy atom. The van der Waals surface area contributed by atoms with Crippen molar-refractivity contribution < 1.29 is 8.78 Å². The van der Waals surface area contributed by atoms with Gasteiger partial charge < -0.3 is 4.90 Å². The molecule has 0 amide bonds. The minimum Gasteiger partial charge on any atom is -0.369 e. The van der Waals surface area contributed by atoms with E-state index in [9.17, 15) is 8.78 Å². The summed E-state index contributed by atoms with van der Waals surface area (Å²) in [6.07, 6.45) is 0.835. The lowest BCUT2D eigenvalue weighted by Gasteiger charge is -2.35. The number of fused-ring (bicyclic) bond motifs is 1. The number of rotatable bonds is 2. The number of benzene rings is 1. The summed E-state index contributed by atoms with van der Waals surface area (Å²) in [4.78, 5) is 2.38. The quantitative estimate of drug-likeness (QED) is 0.736. The Bertz CT molecular complexity index is 591. The molecular formula is C18H21F2N. The third-order valence-corrected chi connectivity index (χ3v) is 4.56. The van der Waals surface area contributed by atoms with E-state index in [4.69, 9.17) is 0 Å². The van der Waals surface area contributed by atoms with Crippen LogP contribution in [-0.2, 0) is 6.42 Å². The molecule has 0 atom stereocenters. The van der Waals surface area contributed by atoms with E-state index in [1.54, 1.807) is 0 Å². The van der Waals surface area contributed by atoms with Crippen LogP contribution in [0.25, 0.3) is 0 Å². The lowest BCUT2D eigenvalue weighted by atomic mass is 9.95. The zero-order chi connectivity index (χ0) is 15.0. The Hall–Kier alpha value is -1.56. The molecule has 1 fully saturated rings. The van der Waals surface area contributed by atoms with Gasteiger partial charge in [-0.25, -0.2) is 8.78 Å². The topological polar surface area (TPSA) is 3.24 Å². The number of anilines is 1. The minimum atomic E-state index is -2.32. The highest BCUT2D eigenvalue weighted by Gasteiger charge is 2.50. The van der Waals surface area contributed by atoms with Gasteiger partial charge in [-0.2, -0.15) is 0 Å². The molecule has 21 heavy (non-hydrogen) atoms. The molecule has 0 spiro atoms. The summed E-state index contributed by atoms with van der Waals surface area (Å²) >= 11 is 0. The van der Waals surface area contributed by atoms with Crippen LogP contribution >= 0.6 is 0 Å². The molecule has 3 heteroatoms. The van der Waals surface area contributed by atoms with Crippen molar-refractivity contribution in [2.24, 2.45) is 5.41 Å². The second-order valence-corrected chi connectivity index (χ2v) is 6.40. The van der Waals surface area contributed by atoms with Gasteiger partial charge in [0.1, 0.15) is 0 Å². The highest BCUT2D eigenvalue weighted by atomic mass is 19.3. The predicted molar refractivity (Wildman–Crippen MR) is 81.8 cm³/mol. The van der Waals surface area contributed by atoms with Crippen LogP contribution in [0.2, 0.25) is 0 Å². The molecule has 1 aromatic carbocycles. The highest BCUT2D eigenvalue weighted by molar-refractivity contribution is 5.62. The molecule has 1 nitrogen and oxygen atoms in total. The molecule has 1 aliphatic heterocycles. The number of alkyl halides is 2. The Balaban J connectivity index is 1.95. The van der Waals surface area contributed by atoms with Gasteiger partial charge in [-0.05, 0) is 57.2 Å². The third-order valence-electron chi connectivity index (χ3n) is 4.56. The van der Waals surface area contributed by atoms with Crippen molar-refractivity contribution in [1.29, 1.82) is 0 Å². The predicted octanol–water partition coefficient (Wildman–Crippen LogP) is 4.24. The Morgan fingerprint density at radius 3 is 2.62 bits per heavy atom. The largest absolute Gasteiger partial charge is 0.369 e. The average molecular weight is 289 g/mol. The summed E-state index contributed by atoms with van der Waals surface area (Å²) < 4.78 is 25.9. The van der Waals surface area contributed by atoms with Crippen molar-refractivity contribution in [3.63, 3.8) is 0 Å². The lowest BCUT2D eigenvalue weighted by Crippen LogP contribution is -2.35. The van der Waals surface area contributed by atoms with E-state index >= 15 is 0 Å². The maximum absolute atomic E-state index is 13.0. The number of hydrogen-bond donors (Lipinski definition) is 0. The molecule has 0 aromatic heterocycles. The van der Waals surface area contributed by atoms with Gasteiger partial charge in [0, 0.05) is 23.8 Å². The molecule has 2 aliphatic rings. The van der Waals surface area contributed by atoms with Gasteiger partial charge in [0.05, 0.1) is 5.41 Å². The monoisotopic (exact) mass is 289 g/mol. The van der Waals surface area contributed by atoms with Gasteiger partial charge in [0.25, 0.3) is 6.43 Å². The first-order valence-corrected chi connectivity index (χ1v) is 7.73. The average Bonchev–Trinajstić information content (AvgIpc) is 3.25. The fourth-order valence-corrected chi connectivity index (χ4v) is 3.03. The van der Waals surface area contributed by atoms with Crippen molar-refractivity contribution >= 4 is 5.69 Å². The summed E-state index contributed by atoms with van der Waals surface area (Å²) in [7, 11) is 0. The standard InChI is InChI=1S/C18H21F2N/c1-13(2)21-12-4-6-15-14(5-3-7-16(15)21)8-9-18(10-11-18)17(19)20/h3,5,7,13,17H,4,6,10-12H2,1-2H3. The van der Waals surface area contributed by atoms with Gasteiger partial charge in [-0.15, -0.1) is 0 Å². The molecule has 1 aromatic rings. The maximum atomic E-state index is 13.0. The maximum Gasteiger partial charge on any atom is 0.254 e. The first-order chi connectivity index (χ1) is 10.0. The first-order valence-electron chi connectivity index (χ1n) is 7.73. The second-order valence-electron chi connectivity index (χ2n) is 6.40. The molecule has 1 saturated carbocycles. The fourth-order valence-electron chi connectivity index (χ4n) is 3.03. The van der Waals surface area contributed by atoms with E-state index < -0.39 is 11.8 Å². The Labute approximate surface area is 125 Å². The third kappa shape index (κ3) is 2.64. The molecule has 0 radical (unpaired) electrons. The van der Waals surface area contributed by atoms with E-state index in [0.29, 0.717) is 18.9 Å². The number of hydrogen-bond acceptors (Lipinski definition) is 1. The van der Waals surface area contributed by atoms with Crippen LogP contribution in [0.5, 0.6) is 0 Å². The van der Waals surface area contributed by atoms with Crippen molar-refractivity contribution in [2.45, 2.75) is 52.0 Å². The van der Waals surface area contributed by atoms with Crippen LogP contribution < -0.4 is 4.90 Å². The zero-order valence-corrected chi connectivity index (χ0v) is 12.6. The van der Waals surface area contributed by atoms with E-state index in [1.807, 2.05) is 12.1 Å². The normalized spacial score (nSPS) is 19.2. The molecule has 112 valence electrons. The molecule has 0 saturated heterocycles. The van der Waals surface area contributed by atoms with Crippen molar-refractivity contribution in [1.82, 2.24) is 0 Å². The molecule has 3 rings (SSSR count). The fraction of sp³-hybridized carbons (Fsp3) is 0.556. The summed E-state index contributed by atoms with van der Waals surface area (Å²) in [5, 5.41) is 0. The second kappa shape index (κ2) is 5.33. The van der Waals surface area contributed by atoms with Crippen LogP contribution in [0, 0.1) is 17.3 Å². The summed E-state index contributed by atoms with van der Waals surface area (Å²) in [6.45, 7) is 5.43. The molecule has 0 N–H and O–H groups in total. The summed E-state index contributed by atoms with van der Waals surface area (Å²) in [5.41, 5.74) is 2.37. The molecule has 0 bridgehead atoms. The number of nitrogens with zero attached hydrogens (tertiary/aromatic N) is 1. The van der Waals surface area contributed by atoms with E-state index in [0.717, 1.165) is 24.9 Å². The van der Waals surface area contributed by atoms with Gasteiger partial charge in [0.2, 0.25) is 0 Å². The summed E-state index contributed by atoms with van der Waals surface area (Å²) in [6, 6.07) is 6.53. The molecular weight excluding hydrogens is 268 g/mol. The number of halogens is 2. The Morgan fingerprint density at radius 2 is 2.00 bits per heavy atom. The van der Waals surface area contributed by atoms with Crippen molar-refractivity contribution in [3.05, 3.63) is 29.3 Å². The summed E-state index contributed by atoms with van der Waals surface area (Å²) in [5.74, 6) is 5.92. The van der Waals surface area contributed by atoms with Crippen LogP contribution in [0.3, 0.4) is 0 Å². The molecule has 1 aliphatic carbocycles. The van der Waals surface area contributed by atoms with Gasteiger partial charge in [-0.1, -0.05) is 17.9 Å². The SMILES string of the molecule is CC(C)N1CCCc2c(C#CC3(C(F)F)CC3)cccc21. The first kappa shape index (κ1) is 14.4. The molecule has 0 unspecified atom stereocenters. The van der Waals surface area contributed by atoms with Crippen LogP contribution in [0.1, 0.15) is 44.2 Å². The van der Waals surface area contributed by atoms with Crippen LogP contribution in [0.15, 0.2) is 18.2 Å². The van der Waals surface area contributed by atoms with Gasteiger partial charge >= 0.3 is 0 Å². The lowest BCUT2D eigenvalue weighted by molar-refractivity contribution is 0.0921. The van der Waals surface area contributed by atoms with Gasteiger partial charge in [-0.3, -0.25) is 0 Å². The van der Waals surface area contributed by atoms with Crippen LogP contribution in [-0.4, -0.2) is 19.0 Å². The van der Waals surface area contributed by atoms with E-state index in [1.165, 1.54) is 11.3 Å². The zero-order valence-electron chi connectivity index (χ0n) is 12.6.